The van der Waals surface area contributed by atoms with Gasteiger partial charge in [-0.15, -0.1) is 0 Å². The average molecular weight is 459 g/mol. The fourth-order valence-electron chi connectivity index (χ4n) is 3.56. The largest absolute Gasteiger partial charge is 0.503 e. The van der Waals surface area contributed by atoms with Crippen molar-refractivity contribution in [3.63, 3.8) is 0 Å². The average Bonchev–Trinajstić information content (AvgIpc) is 3.02. The highest BCUT2D eigenvalue weighted by atomic mass is 35.5. The predicted molar refractivity (Wildman–Crippen MR) is 118 cm³/mol. The maximum absolute atomic E-state index is 12.8. The molecule has 2 aromatic carbocycles. The van der Waals surface area contributed by atoms with Crippen molar-refractivity contribution >= 4 is 46.5 Å². The molecule has 2 aromatic rings. The highest BCUT2D eigenvalue weighted by Gasteiger charge is 2.37. The summed E-state index contributed by atoms with van der Waals surface area (Å²) >= 11 is 6.75. The van der Waals surface area contributed by atoms with Crippen LogP contribution < -0.4 is 4.74 Å². The number of hydrogen-bond acceptors (Lipinski definition) is 6. The third kappa shape index (κ3) is 4.26. The molecule has 0 aliphatic carbocycles. The number of imide groups is 1. The first-order valence-corrected chi connectivity index (χ1v) is 10.7. The summed E-state index contributed by atoms with van der Waals surface area (Å²) in [5.41, 5.74) is 2.78. The smallest absolute Gasteiger partial charge is 0.294 e. The van der Waals surface area contributed by atoms with Crippen molar-refractivity contribution < 1.29 is 24.2 Å². The van der Waals surface area contributed by atoms with Crippen LogP contribution in [0.2, 0.25) is 5.02 Å². The van der Waals surface area contributed by atoms with Crippen LogP contribution in [0, 0.1) is 0 Å². The number of benzene rings is 2. The monoisotopic (exact) mass is 458 g/mol. The maximum atomic E-state index is 12.8. The molecule has 1 fully saturated rings. The summed E-state index contributed by atoms with van der Waals surface area (Å²) in [4.78, 5) is 40.8. The number of ether oxygens (including phenoxy) is 1. The van der Waals surface area contributed by atoms with Crippen LogP contribution in [0.3, 0.4) is 0 Å². The van der Waals surface area contributed by atoms with Crippen molar-refractivity contribution in [2.45, 2.75) is 13.0 Å². The van der Waals surface area contributed by atoms with Crippen LogP contribution in [0.4, 0.5) is 4.79 Å². The molecule has 2 aliphatic rings. The lowest BCUT2D eigenvalue weighted by Gasteiger charge is -2.29. The third-order valence-corrected chi connectivity index (χ3v) is 6.41. The van der Waals surface area contributed by atoms with Gasteiger partial charge in [-0.2, -0.15) is 0 Å². The summed E-state index contributed by atoms with van der Waals surface area (Å²) in [6, 6.07) is 10.9. The van der Waals surface area contributed by atoms with Crippen molar-refractivity contribution in [3.8, 4) is 11.5 Å². The van der Waals surface area contributed by atoms with E-state index in [1.165, 1.54) is 30.9 Å². The van der Waals surface area contributed by atoms with Gasteiger partial charge in [0.15, 0.2) is 11.5 Å². The summed E-state index contributed by atoms with van der Waals surface area (Å²) in [6.07, 6.45) is 2.23. The number of fused-ring (bicyclic) bond motifs is 1. The molecular weight excluding hydrogens is 440 g/mol. The zero-order chi connectivity index (χ0) is 22.1. The number of thioether (sulfide) groups is 1. The number of phenolic OH excluding ortho intramolecular Hbond substituents is 1. The highest BCUT2D eigenvalue weighted by molar-refractivity contribution is 8.18. The molecule has 9 heteroatoms. The van der Waals surface area contributed by atoms with E-state index in [1.54, 1.807) is 4.90 Å². The molecule has 3 amide bonds. The van der Waals surface area contributed by atoms with E-state index in [2.05, 4.69) is 0 Å². The van der Waals surface area contributed by atoms with E-state index in [1.807, 2.05) is 24.3 Å². The third-order valence-electron chi connectivity index (χ3n) is 5.22. The second-order valence-electron chi connectivity index (χ2n) is 7.16. The number of hydrogen-bond donors (Lipinski definition) is 1. The van der Waals surface area contributed by atoms with E-state index >= 15 is 0 Å². The van der Waals surface area contributed by atoms with Gasteiger partial charge in [0.05, 0.1) is 17.0 Å². The number of carbonyl (C=O) groups is 3. The lowest BCUT2D eigenvalue weighted by atomic mass is 10.00. The number of amides is 3. The van der Waals surface area contributed by atoms with Gasteiger partial charge in [0, 0.05) is 13.1 Å². The van der Waals surface area contributed by atoms with Crippen LogP contribution in [-0.4, -0.2) is 52.2 Å². The SMILES string of the molecule is COc1cc(/C=C2\SC(=O)N(CC(=O)N3CCc4ccccc4C3)C2=O)cc(Cl)c1O. The van der Waals surface area contributed by atoms with E-state index in [-0.39, 0.29) is 33.9 Å². The Morgan fingerprint density at radius 2 is 2.00 bits per heavy atom. The van der Waals surface area contributed by atoms with Gasteiger partial charge in [0.25, 0.3) is 11.1 Å². The first-order chi connectivity index (χ1) is 14.9. The lowest BCUT2D eigenvalue weighted by Crippen LogP contribution is -2.44. The minimum Gasteiger partial charge on any atom is -0.503 e. The maximum Gasteiger partial charge on any atom is 0.294 e. The molecule has 31 heavy (non-hydrogen) atoms. The Kier molecular flexibility index (Phi) is 5.93. The molecule has 160 valence electrons. The van der Waals surface area contributed by atoms with E-state index in [4.69, 9.17) is 16.3 Å². The molecule has 4 rings (SSSR count). The minimum atomic E-state index is -0.538. The van der Waals surface area contributed by atoms with Crippen LogP contribution in [0.25, 0.3) is 6.08 Å². The Bertz CT molecular complexity index is 1120. The Morgan fingerprint density at radius 3 is 2.74 bits per heavy atom. The van der Waals surface area contributed by atoms with Gasteiger partial charge in [0.2, 0.25) is 5.91 Å². The summed E-state index contributed by atoms with van der Waals surface area (Å²) in [5.74, 6) is -0.863. The van der Waals surface area contributed by atoms with E-state index in [9.17, 15) is 19.5 Å². The molecule has 1 saturated heterocycles. The molecule has 2 heterocycles. The molecule has 0 aromatic heterocycles. The number of methoxy groups -OCH3 is 1. The van der Waals surface area contributed by atoms with Crippen molar-refractivity contribution in [2.24, 2.45) is 0 Å². The summed E-state index contributed by atoms with van der Waals surface area (Å²) < 4.78 is 5.06. The van der Waals surface area contributed by atoms with Gasteiger partial charge in [-0.1, -0.05) is 35.9 Å². The van der Waals surface area contributed by atoms with Crippen LogP contribution in [0.15, 0.2) is 41.3 Å². The molecule has 7 nitrogen and oxygen atoms in total. The number of rotatable bonds is 4. The van der Waals surface area contributed by atoms with Gasteiger partial charge in [0.1, 0.15) is 6.54 Å². The molecule has 2 aliphatic heterocycles. The standard InChI is InChI=1S/C22H19ClN2O5S/c1-30-17-9-13(8-16(23)20(17)27)10-18-21(28)25(22(29)31-18)12-19(26)24-7-6-14-4-2-3-5-15(14)11-24/h2-5,8-10,27H,6-7,11-12H2,1H3/b18-10-. The summed E-state index contributed by atoms with van der Waals surface area (Å²) in [5, 5.41) is 9.41. The van der Waals surface area contributed by atoms with Gasteiger partial charge >= 0.3 is 0 Å². The van der Waals surface area contributed by atoms with Gasteiger partial charge in [-0.05, 0) is 53.1 Å². The molecule has 0 radical (unpaired) electrons. The van der Waals surface area contributed by atoms with Gasteiger partial charge in [-0.3, -0.25) is 19.3 Å². The Hall–Kier alpha value is -2.97. The van der Waals surface area contributed by atoms with Crippen molar-refractivity contribution in [2.75, 3.05) is 20.2 Å². The summed E-state index contributed by atoms with van der Waals surface area (Å²) in [6.45, 7) is 0.713. The van der Waals surface area contributed by atoms with Crippen LogP contribution in [0.5, 0.6) is 11.5 Å². The lowest BCUT2D eigenvalue weighted by molar-refractivity contribution is -0.136. The number of carbonyl (C=O) groups excluding carboxylic acids is 3. The number of phenols is 1. The quantitative estimate of drug-likeness (QED) is 0.703. The molecule has 1 N–H and O–H groups in total. The number of halogens is 1. The van der Waals surface area contributed by atoms with Crippen LogP contribution in [0.1, 0.15) is 16.7 Å². The molecule has 0 unspecified atom stereocenters. The van der Waals surface area contributed by atoms with E-state index in [0.717, 1.165) is 28.6 Å². The minimum absolute atomic E-state index is 0.0605. The number of aromatic hydroxyl groups is 1. The second-order valence-corrected chi connectivity index (χ2v) is 8.56. The molecule has 0 atom stereocenters. The molecular formula is C22H19ClN2O5S. The zero-order valence-corrected chi connectivity index (χ0v) is 18.2. The van der Waals surface area contributed by atoms with Crippen molar-refractivity contribution in [1.82, 2.24) is 9.80 Å². The second kappa shape index (κ2) is 8.64. The Morgan fingerprint density at radius 1 is 1.26 bits per heavy atom. The van der Waals surface area contributed by atoms with Crippen molar-refractivity contribution in [1.29, 1.82) is 0 Å². The normalized spacial score (nSPS) is 17.3. The van der Waals surface area contributed by atoms with E-state index in [0.29, 0.717) is 18.7 Å². The van der Waals surface area contributed by atoms with Gasteiger partial charge in [-0.25, -0.2) is 0 Å². The molecule has 0 saturated carbocycles. The summed E-state index contributed by atoms with van der Waals surface area (Å²) in [7, 11) is 1.38. The Labute approximate surface area is 188 Å². The first-order valence-electron chi connectivity index (χ1n) is 9.54. The highest BCUT2D eigenvalue weighted by Crippen LogP contribution is 2.38. The van der Waals surface area contributed by atoms with E-state index < -0.39 is 11.1 Å². The Balaban J connectivity index is 1.48. The number of nitrogens with zero attached hydrogens (tertiary/aromatic N) is 2. The first kappa shape index (κ1) is 21.3. The fourth-order valence-corrected chi connectivity index (χ4v) is 4.62. The van der Waals surface area contributed by atoms with Gasteiger partial charge < -0.3 is 14.7 Å². The van der Waals surface area contributed by atoms with Crippen LogP contribution >= 0.6 is 23.4 Å². The van der Waals surface area contributed by atoms with Crippen LogP contribution in [-0.2, 0) is 22.6 Å². The van der Waals surface area contributed by atoms with Crippen molar-refractivity contribution in [3.05, 3.63) is 63.0 Å². The zero-order valence-electron chi connectivity index (χ0n) is 16.6. The topological polar surface area (TPSA) is 87.2 Å². The predicted octanol–water partition coefficient (Wildman–Crippen LogP) is 3.68. The molecule has 0 spiro atoms. The fraction of sp³-hybridized carbons (Fsp3) is 0.227. The molecule has 0 bridgehead atoms.